The van der Waals surface area contributed by atoms with Crippen LogP contribution in [-0.2, 0) is 0 Å². The first-order chi connectivity index (χ1) is 5.53. The zero-order valence-electron chi connectivity index (χ0n) is 5.59. The second kappa shape index (κ2) is 3.14. The summed E-state index contributed by atoms with van der Waals surface area (Å²) in [4.78, 5) is 10.1. The van der Waals surface area contributed by atoms with E-state index in [9.17, 15) is 18.0 Å². The Balaban J connectivity index is 2.81. The van der Waals surface area contributed by atoms with E-state index in [4.69, 9.17) is 0 Å². The lowest BCUT2D eigenvalue weighted by molar-refractivity contribution is -0.274. The van der Waals surface area contributed by atoms with Crippen LogP contribution in [0.15, 0.2) is 11.4 Å². The molecule has 0 saturated carbocycles. The Hall–Kier alpha value is -1.04. The number of carbonyl (C=O) groups excluding carboxylic acids is 1. The molecule has 0 saturated heterocycles. The molecular weight excluding hydrogens is 193 g/mol. The molecule has 1 heterocycles. The number of aldehydes is 1. The maximum absolute atomic E-state index is 11.6. The molecule has 0 aliphatic rings. The van der Waals surface area contributed by atoms with Gasteiger partial charge in [0.05, 0.1) is 0 Å². The normalized spacial score (nSPS) is 11.2. The second-order valence-corrected chi connectivity index (χ2v) is 2.76. The van der Waals surface area contributed by atoms with Gasteiger partial charge in [-0.2, -0.15) is 0 Å². The van der Waals surface area contributed by atoms with Gasteiger partial charge < -0.3 is 4.74 Å². The largest absolute Gasteiger partial charge is 0.573 e. The minimum absolute atomic E-state index is 0.0627. The van der Waals surface area contributed by atoms with Crippen molar-refractivity contribution in [3.63, 3.8) is 0 Å². The number of rotatable bonds is 2. The molecule has 0 radical (unpaired) electrons. The van der Waals surface area contributed by atoms with E-state index in [0.717, 1.165) is 17.4 Å². The fourth-order valence-electron chi connectivity index (χ4n) is 0.604. The number of halogens is 3. The lowest BCUT2D eigenvalue weighted by Crippen LogP contribution is -2.17. The summed E-state index contributed by atoms with van der Waals surface area (Å²) < 4.78 is 38.3. The van der Waals surface area contributed by atoms with Gasteiger partial charge in [0.1, 0.15) is 4.88 Å². The number of alkyl halides is 3. The molecular formula is C6H3F3O2S. The molecule has 0 bridgehead atoms. The van der Waals surface area contributed by atoms with Crippen LogP contribution in [0.2, 0.25) is 0 Å². The van der Waals surface area contributed by atoms with Crippen LogP contribution in [0.1, 0.15) is 9.67 Å². The van der Waals surface area contributed by atoms with E-state index in [2.05, 4.69) is 4.74 Å². The van der Waals surface area contributed by atoms with Crippen molar-refractivity contribution in [2.45, 2.75) is 6.36 Å². The van der Waals surface area contributed by atoms with Crippen LogP contribution in [0.4, 0.5) is 13.2 Å². The summed E-state index contributed by atoms with van der Waals surface area (Å²) in [6.45, 7) is 0. The number of hydrogen-bond donors (Lipinski definition) is 0. The summed E-state index contributed by atoms with van der Waals surface area (Å²) in [5.41, 5.74) is 0. The van der Waals surface area contributed by atoms with Gasteiger partial charge in [-0.3, -0.25) is 4.79 Å². The Bertz CT molecular complexity index is 279. The van der Waals surface area contributed by atoms with Crippen molar-refractivity contribution in [2.75, 3.05) is 0 Å². The van der Waals surface area contributed by atoms with Crippen molar-refractivity contribution >= 4 is 17.6 Å². The molecule has 6 heteroatoms. The Labute approximate surface area is 69.6 Å². The maximum atomic E-state index is 11.6. The summed E-state index contributed by atoms with van der Waals surface area (Å²) in [7, 11) is 0. The highest BCUT2D eigenvalue weighted by Crippen LogP contribution is 2.28. The molecule has 1 aromatic heterocycles. The third-order valence-electron chi connectivity index (χ3n) is 0.990. The summed E-state index contributed by atoms with van der Waals surface area (Å²) in [6, 6.07) is 1.10. The number of carbonyl (C=O) groups is 1. The number of thiophene rings is 1. The molecule has 0 fully saturated rings. The molecule has 0 aliphatic carbocycles. The first-order valence-electron chi connectivity index (χ1n) is 2.81. The molecule has 0 unspecified atom stereocenters. The zero-order valence-corrected chi connectivity index (χ0v) is 6.41. The van der Waals surface area contributed by atoms with Crippen molar-refractivity contribution in [3.8, 4) is 5.75 Å². The molecule has 0 atom stereocenters. The van der Waals surface area contributed by atoms with Crippen molar-refractivity contribution in [1.82, 2.24) is 0 Å². The Morgan fingerprint density at radius 3 is 2.67 bits per heavy atom. The van der Waals surface area contributed by atoms with Gasteiger partial charge in [0.25, 0.3) is 0 Å². The topological polar surface area (TPSA) is 26.3 Å². The highest BCUT2D eigenvalue weighted by atomic mass is 32.1. The van der Waals surface area contributed by atoms with Gasteiger partial charge in [-0.15, -0.1) is 24.5 Å². The predicted octanol–water partition coefficient (Wildman–Crippen LogP) is 2.46. The van der Waals surface area contributed by atoms with Crippen LogP contribution in [-0.4, -0.2) is 12.6 Å². The molecule has 0 aromatic carbocycles. The summed E-state index contributed by atoms with van der Waals surface area (Å²) >= 11 is 0.897. The van der Waals surface area contributed by atoms with Crippen molar-refractivity contribution < 1.29 is 22.7 Å². The van der Waals surface area contributed by atoms with Gasteiger partial charge in [-0.1, -0.05) is 0 Å². The molecule has 2 nitrogen and oxygen atoms in total. The lowest BCUT2D eigenvalue weighted by atomic mass is 10.4. The van der Waals surface area contributed by atoms with E-state index >= 15 is 0 Å². The van der Waals surface area contributed by atoms with Gasteiger partial charge in [-0.25, -0.2) is 0 Å². The van der Waals surface area contributed by atoms with Gasteiger partial charge in [0.15, 0.2) is 12.0 Å². The lowest BCUT2D eigenvalue weighted by Gasteiger charge is -2.06. The quantitative estimate of drug-likeness (QED) is 0.679. The number of ether oxygens (including phenoxy) is 1. The Morgan fingerprint density at radius 2 is 2.17 bits per heavy atom. The predicted molar refractivity (Wildman–Crippen MR) is 36.4 cm³/mol. The molecule has 0 amide bonds. The van der Waals surface area contributed by atoms with E-state index in [1.807, 2.05) is 0 Å². The highest BCUT2D eigenvalue weighted by molar-refractivity contribution is 7.12. The summed E-state index contributed by atoms with van der Waals surface area (Å²) in [5, 5.41) is 1.35. The van der Waals surface area contributed by atoms with E-state index < -0.39 is 12.1 Å². The van der Waals surface area contributed by atoms with Crippen LogP contribution >= 0.6 is 11.3 Å². The summed E-state index contributed by atoms with van der Waals surface area (Å²) in [6.07, 6.45) is -4.41. The maximum Gasteiger partial charge on any atom is 0.573 e. The van der Waals surface area contributed by atoms with Gasteiger partial charge in [-0.05, 0) is 11.4 Å². The van der Waals surface area contributed by atoms with Crippen molar-refractivity contribution in [2.24, 2.45) is 0 Å². The first-order valence-corrected chi connectivity index (χ1v) is 3.69. The van der Waals surface area contributed by atoms with Crippen LogP contribution in [0, 0.1) is 0 Å². The standard InChI is InChI=1S/C6H3F3O2S/c7-6(8,9)11-4-1-2-12-5(4)3-10/h1-3H. The smallest absolute Gasteiger partial charge is 0.404 e. The van der Waals surface area contributed by atoms with Gasteiger partial charge in [0.2, 0.25) is 0 Å². The zero-order chi connectivity index (χ0) is 9.19. The second-order valence-electron chi connectivity index (χ2n) is 1.81. The Morgan fingerprint density at radius 1 is 1.50 bits per heavy atom. The minimum Gasteiger partial charge on any atom is -0.404 e. The van der Waals surface area contributed by atoms with Crippen LogP contribution in [0.25, 0.3) is 0 Å². The molecule has 0 N–H and O–H groups in total. The highest BCUT2D eigenvalue weighted by Gasteiger charge is 2.32. The van der Waals surface area contributed by atoms with Crippen LogP contribution < -0.4 is 4.74 Å². The van der Waals surface area contributed by atoms with E-state index in [-0.39, 0.29) is 4.88 Å². The third-order valence-corrected chi connectivity index (χ3v) is 1.81. The molecule has 1 aromatic rings. The minimum atomic E-state index is -4.74. The fraction of sp³-hybridized carbons (Fsp3) is 0.167. The van der Waals surface area contributed by atoms with E-state index in [0.29, 0.717) is 6.29 Å². The number of hydrogen-bond acceptors (Lipinski definition) is 3. The SMILES string of the molecule is O=Cc1sccc1OC(F)(F)F. The third kappa shape index (κ3) is 2.23. The van der Waals surface area contributed by atoms with Crippen molar-refractivity contribution in [1.29, 1.82) is 0 Å². The van der Waals surface area contributed by atoms with E-state index in [1.54, 1.807) is 0 Å². The average molecular weight is 196 g/mol. The molecule has 1 rings (SSSR count). The van der Waals surface area contributed by atoms with E-state index in [1.165, 1.54) is 5.38 Å². The Kier molecular flexibility index (Phi) is 2.37. The van der Waals surface area contributed by atoms with Crippen molar-refractivity contribution in [3.05, 3.63) is 16.3 Å². The first kappa shape index (κ1) is 9.05. The average Bonchev–Trinajstić information content (AvgIpc) is 2.31. The fourth-order valence-corrected chi connectivity index (χ4v) is 1.22. The van der Waals surface area contributed by atoms with Gasteiger partial charge in [0, 0.05) is 0 Å². The van der Waals surface area contributed by atoms with Gasteiger partial charge >= 0.3 is 6.36 Å². The van der Waals surface area contributed by atoms with Crippen LogP contribution in [0.3, 0.4) is 0 Å². The molecule has 0 spiro atoms. The monoisotopic (exact) mass is 196 g/mol. The molecule has 0 aliphatic heterocycles. The summed E-state index contributed by atoms with van der Waals surface area (Å²) in [5.74, 6) is -0.442. The molecule has 66 valence electrons. The molecule has 12 heavy (non-hydrogen) atoms. The van der Waals surface area contributed by atoms with Crippen LogP contribution in [0.5, 0.6) is 5.75 Å².